The molecule has 2 aromatic rings. The van der Waals surface area contributed by atoms with Crippen LogP contribution in [0.4, 0.5) is 11.4 Å². The molecular formula is C13H10N2O3. The predicted molar refractivity (Wildman–Crippen MR) is 68.5 cm³/mol. The van der Waals surface area contributed by atoms with Gasteiger partial charge >= 0.3 is 0 Å². The van der Waals surface area contributed by atoms with E-state index in [9.17, 15) is 15.2 Å². The summed E-state index contributed by atoms with van der Waals surface area (Å²) in [6.07, 6.45) is 1.47. The fourth-order valence-electron chi connectivity index (χ4n) is 1.48. The van der Waals surface area contributed by atoms with Crippen molar-refractivity contribution in [1.82, 2.24) is 0 Å². The van der Waals surface area contributed by atoms with Crippen molar-refractivity contribution < 1.29 is 10.0 Å². The second-order valence-electron chi connectivity index (χ2n) is 3.57. The molecule has 0 saturated heterocycles. The molecule has 18 heavy (non-hydrogen) atoms. The zero-order valence-electron chi connectivity index (χ0n) is 9.35. The fraction of sp³-hybridized carbons (Fsp3) is 0. The van der Waals surface area contributed by atoms with Crippen LogP contribution in [0.5, 0.6) is 5.75 Å². The number of benzene rings is 2. The first-order valence-corrected chi connectivity index (χ1v) is 5.24. The molecule has 0 unspecified atom stereocenters. The number of nitrogens with zero attached hydrogens (tertiary/aromatic N) is 2. The first-order chi connectivity index (χ1) is 8.68. The van der Waals surface area contributed by atoms with Gasteiger partial charge in [0.25, 0.3) is 5.69 Å². The molecule has 0 heterocycles. The predicted octanol–water partition coefficient (Wildman–Crippen LogP) is 3.05. The van der Waals surface area contributed by atoms with Crippen LogP contribution >= 0.6 is 0 Å². The third kappa shape index (κ3) is 2.52. The third-order valence-corrected chi connectivity index (χ3v) is 2.33. The van der Waals surface area contributed by atoms with Crippen LogP contribution < -0.4 is 0 Å². The first kappa shape index (κ1) is 11.8. The Bertz CT molecular complexity index is 594. The van der Waals surface area contributed by atoms with Gasteiger partial charge in [-0.15, -0.1) is 0 Å². The van der Waals surface area contributed by atoms with Gasteiger partial charge < -0.3 is 5.11 Å². The Hall–Kier alpha value is -2.69. The first-order valence-electron chi connectivity index (χ1n) is 5.24. The maximum absolute atomic E-state index is 10.8. The van der Waals surface area contributed by atoms with Crippen LogP contribution in [0.2, 0.25) is 0 Å². The summed E-state index contributed by atoms with van der Waals surface area (Å²) in [5, 5.41) is 20.4. The van der Waals surface area contributed by atoms with E-state index in [4.69, 9.17) is 0 Å². The molecule has 0 aliphatic heterocycles. The van der Waals surface area contributed by atoms with E-state index in [2.05, 4.69) is 4.99 Å². The largest absolute Gasteiger partial charge is 0.505 e. The number of hydrogen-bond donors (Lipinski definition) is 1. The summed E-state index contributed by atoms with van der Waals surface area (Å²) in [6.45, 7) is 0. The molecule has 5 nitrogen and oxygen atoms in total. The molecule has 0 fully saturated rings. The van der Waals surface area contributed by atoms with Gasteiger partial charge in [0.2, 0.25) is 0 Å². The fourth-order valence-corrected chi connectivity index (χ4v) is 1.48. The topological polar surface area (TPSA) is 75.7 Å². The molecular weight excluding hydrogens is 232 g/mol. The van der Waals surface area contributed by atoms with Gasteiger partial charge in [0.1, 0.15) is 5.75 Å². The van der Waals surface area contributed by atoms with Crippen molar-refractivity contribution in [3.8, 4) is 5.75 Å². The highest BCUT2D eigenvalue weighted by molar-refractivity contribution is 5.84. The highest BCUT2D eigenvalue weighted by Gasteiger charge is 2.15. The molecule has 0 aliphatic carbocycles. The van der Waals surface area contributed by atoms with Crippen LogP contribution in [0, 0.1) is 10.1 Å². The molecule has 90 valence electrons. The normalized spacial score (nSPS) is 10.7. The molecule has 0 amide bonds. The van der Waals surface area contributed by atoms with Crippen molar-refractivity contribution in [3.05, 3.63) is 64.2 Å². The second-order valence-corrected chi connectivity index (χ2v) is 3.57. The number of phenolic OH excluding ortho intramolecular Hbond substituents is 1. The van der Waals surface area contributed by atoms with Gasteiger partial charge in [-0.2, -0.15) is 0 Å². The maximum Gasteiger partial charge on any atom is 0.298 e. The number of aliphatic imine (C=N–C) groups is 1. The Morgan fingerprint density at radius 3 is 2.50 bits per heavy atom. The minimum Gasteiger partial charge on any atom is -0.505 e. The molecule has 0 spiro atoms. The number of aromatic hydroxyl groups is 1. The molecule has 0 atom stereocenters. The van der Waals surface area contributed by atoms with Crippen LogP contribution in [0.1, 0.15) is 5.56 Å². The van der Waals surface area contributed by atoms with E-state index in [0.29, 0.717) is 0 Å². The van der Waals surface area contributed by atoms with Gasteiger partial charge in [0.05, 0.1) is 4.92 Å². The van der Waals surface area contributed by atoms with Crippen LogP contribution in [-0.2, 0) is 0 Å². The van der Waals surface area contributed by atoms with E-state index in [0.717, 1.165) is 5.56 Å². The average Bonchev–Trinajstić information content (AvgIpc) is 2.38. The van der Waals surface area contributed by atoms with E-state index >= 15 is 0 Å². The van der Waals surface area contributed by atoms with Gasteiger partial charge in [-0.3, -0.25) is 10.1 Å². The number of para-hydroxylation sites is 1. The Labute approximate surface area is 103 Å². The Kier molecular flexibility index (Phi) is 3.33. The van der Waals surface area contributed by atoms with Crippen LogP contribution in [-0.4, -0.2) is 16.2 Å². The highest BCUT2D eigenvalue weighted by Crippen LogP contribution is 2.35. The van der Waals surface area contributed by atoms with Crippen LogP contribution in [0.25, 0.3) is 0 Å². The van der Waals surface area contributed by atoms with Crippen molar-refractivity contribution >= 4 is 17.6 Å². The van der Waals surface area contributed by atoms with Gasteiger partial charge in [0.15, 0.2) is 5.69 Å². The lowest BCUT2D eigenvalue weighted by molar-refractivity contribution is -0.384. The standard InChI is InChI=1S/C13H10N2O3/c16-12-8-4-7-11(15(17)18)13(12)14-9-10-5-2-1-3-6-10/h1-9,16H. The SMILES string of the molecule is O=[N+]([O-])c1cccc(O)c1N=Cc1ccccc1. The van der Waals surface area contributed by atoms with E-state index in [1.165, 1.54) is 24.4 Å². The molecule has 0 radical (unpaired) electrons. The maximum atomic E-state index is 10.8. The number of rotatable bonds is 3. The van der Waals surface area contributed by atoms with Gasteiger partial charge in [-0.05, 0) is 11.6 Å². The summed E-state index contributed by atoms with van der Waals surface area (Å²) < 4.78 is 0. The average molecular weight is 242 g/mol. The molecule has 0 aliphatic rings. The smallest absolute Gasteiger partial charge is 0.298 e. The van der Waals surface area contributed by atoms with Crippen molar-refractivity contribution in [1.29, 1.82) is 0 Å². The van der Waals surface area contributed by atoms with Gasteiger partial charge in [0, 0.05) is 12.3 Å². The monoisotopic (exact) mass is 242 g/mol. The minimum atomic E-state index is -0.572. The van der Waals surface area contributed by atoms with Gasteiger partial charge in [-0.25, -0.2) is 4.99 Å². The molecule has 0 aromatic heterocycles. The van der Waals surface area contributed by atoms with E-state index in [1.807, 2.05) is 30.3 Å². The summed E-state index contributed by atoms with van der Waals surface area (Å²) in [4.78, 5) is 14.2. The minimum absolute atomic E-state index is 0.0358. The summed E-state index contributed by atoms with van der Waals surface area (Å²) in [5.41, 5.74) is 0.545. The Morgan fingerprint density at radius 2 is 1.83 bits per heavy atom. The number of hydrogen-bond acceptors (Lipinski definition) is 4. The van der Waals surface area contributed by atoms with Crippen molar-refractivity contribution in [2.45, 2.75) is 0 Å². The number of nitro benzene ring substituents is 1. The van der Waals surface area contributed by atoms with Crippen LogP contribution in [0.15, 0.2) is 53.5 Å². The molecule has 2 aromatic carbocycles. The van der Waals surface area contributed by atoms with Crippen LogP contribution in [0.3, 0.4) is 0 Å². The van der Waals surface area contributed by atoms with E-state index in [-0.39, 0.29) is 17.1 Å². The van der Waals surface area contributed by atoms with Crippen molar-refractivity contribution in [2.24, 2.45) is 4.99 Å². The number of nitro groups is 1. The highest BCUT2D eigenvalue weighted by atomic mass is 16.6. The van der Waals surface area contributed by atoms with Crippen molar-refractivity contribution in [2.75, 3.05) is 0 Å². The summed E-state index contributed by atoms with van der Waals surface area (Å²) in [7, 11) is 0. The molecule has 1 N–H and O–H groups in total. The molecule has 2 rings (SSSR count). The lowest BCUT2D eigenvalue weighted by Gasteiger charge is -1.99. The summed E-state index contributed by atoms with van der Waals surface area (Å²) in [5.74, 6) is -0.212. The Balaban J connectivity index is 2.40. The lowest BCUT2D eigenvalue weighted by Crippen LogP contribution is -1.89. The van der Waals surface area contributed by atoms with E-state index in [1.54, 1.807) is 0 Å². The lowest BCUT2D eigenvalue weighted by atomic mass is 10.2. The van der Waals surface area contributed by atoms with Crippen molar-refractivity contribution in [3.63, 3.8) is 0 Å². The molecule has 0 saturated carbocycles. The quantitative estimate of drug-likeness (QED) is 0.510. The van der Waals surface area contributed by atoms with E-state index < -0.39 is 4.92 Å². The summed E-state index contributed by atoms with van der Waals surface area (Å²) >= 11 is 0. The third-order valence-electron chi connectivity index (χ3n) is 2.33. The summed E-state index contributed by atoms with van der Waals surface area (Å²) in [6, 6.07) is 13.2. The molecule has 5 heteroatoms. The second kappa shape index (κ2) is 5.09. The zero-order valence-corrected chi connectivity index (χ0v) is 9.35. The zero-order chi connectivity index (χ0) is 13.0. The number of phenols is 1. The van der Waals surface area contributed by atoms with Gasteiger partial charge in [-0.1, -0.05) is 36.4 Å². The Morgan fingerprint density at radius 1 is 1.11 bits per heavy atom. The molecule has 0 bridgehead atoms.